The van der Waals surface area contributed by atoms with E-state index in [1.165, 1.54) is 34.9 Å². The average molecular weight is 1600 g/mol. The van der Waals surface area contributed by atoms with Crippen molar-refractivity contribution in [3.63, 3.8) is 0 Å². The molecule has 4 aliphatic rings. The first-order chi connectivity index (χ1) is 52.8. The molecule has 0 saturated carbocycles. The summed E-state index contributed by atoms with van der Waals surface area (Å²) in [5.41, 5.74) is 10.6. The van der Waals surface area contributed by atoms with Crippen LogP contribution in [0.4, 0.5) is 23.0 Å². The Kier molecular flexibility index (Phi) is 36.4. The number of aromatic nitrogens is 5. The summed E-state index contributed by atoms with van der Waals surface area (Å²) in [6, 6.07) is 26.5. The van der Waals surface area contributed by atoms with E-state index in [2.05, 4.69) is 313 Å². The number of carboxylic acids is 4. The zero-order chi connectivity index (χ0) is 89.1. The van der Waals surface area contributed by atoms with Crippen LogP contribution < -0.4 is 29.1 Å². The molecule has 3 aromatic carbocycles. The minimum atomic E-state index is -0.946. The normalized spacial score (nSPS) is 13.6. The number of hydrogen-bond donors (Lipinski definition) is 4. The molecule has 0 saturated heterocycles. The molecule has 0 bridgehead atoms. The van der Waals surface area contributed by atoms with Crippen molar-refractivity contribution in [1.82, 2.24) is 24.1 Å². The smallest absolute Gasteiger partial charge is 0.337 e. The topological polar surface area (TPSA) is 229 Å². The predicted molar refractivity (Wildman–Crippen MR) is 487 cm³/mol. The summed E-state index contributed by atoms with van der Waals surface area (Å²) in [4.78, 5) is 65.8. The fourth-order valence-corrected chi connectivity index (χ4v) is 12.6. The third-order valence-corrected chi connectivity index (χ3v) is 17.2. The van der Waals surface area contributed by atoms with E-state index in [1.54, 1.807) is 36.4 Å². The van der Waals surface area contributed by atoms with E-state index in [0.717, 1.165) is 132 Å². The summed E-state index contributed by atoms with van der Waals surface area (Å²) in [7, 11) is 0. The largest absolute Gasteiger partial charge is 0.488 e. The Hall–Kier alpha value is -9.13. The second kappa shape index (κ2) is 41.8. The summed E-state index contributed by atoms with van der Waals surface area (Å²) in [6.07, 6.45) is 12.6. The van der Waals surface area contributed by atoms with Gasteiger partial charge >= 0.3 is 23.9 Å². The molecule has 8 aromatic rings. The lowest BCUT2D eigenvalue weighted by atomic mass is 10.0. The highest BCUT2D eigenvalue weighted by Gasteiger charge is 2.34. The summed E-state index contributed by atoms with van der Waals surface area (Å²) >= 11 is 0. The first-order valence-corrected chi connectivity index (χ1v) is 41.6. The maximum absolute atomic E-state index is 10.9. The number of pyridine rings is 3. The molecule has 0 amide bonds. The molecular weight excluding hydrogens is 1450 g/mol. The summed E-state index contributed by atoms with van der Waals surface area (Å²) in [5, 5.41) is 37.4. The Morgan fingerprint density at radius 1 is 0.328 bits per heavy atom. The number of carboxylic acid groups (broad SMARTS) is 4. The summed E-state index contributed by atoms with van der Waals surface area (Å²) in [5.74, 6) is 3.64. The van der Waals surface area contributed by atoms with Gasteiger partial charge in [-0.3, -0.25) is 0 Å². The van der Waals surface area contributed by atoms with Crippen molar-refractivity contribution in [2.24, 2.45) is 23.7 Å². The number of carbonyl (C=O) groups is 4. The number of rotatable bonds is 6. The average Bonchev–Trinajstić information content (AvgIpc) is 1.68. The van der Waals surface area contributed by atoms with Crippen molar-refractivity contribution in [2.45, 2.75) is 319 Å². The number of hydrogen-bond acceptors (Lipinski definition) is 13. The van der Waals surface area contributed by atoms with E-state index in [1.807, 2.05) is 47.4 Å². The second-order valence-electron chi connectivity index (χ2n) is 41.0. The number of anilines is 4. The van der Waals surface area contributed by atoms with Crippen LogP contribution in [0.15, 0.2) is 116 Å². The van der Waals surface area contributed by atoms with Crippen molar-refractivity contribution < 1.29 is 49.1 Å². The van der Waals surface area contributed by atoms with E-state index in [9.17, 15) is 19.2 Å². The molecule has 0 unspecified atom stereocenters. The lowest BCUT2D eigenvalue weighted by Crippen LogP contribution is -2.40. The van der Waals surface area contributed by atoms with Crippen LogP contribution >= 0.6 is 0 Å². The van der Waals surface area contributed by atoms with Gasteiger partial charge in [0.15, 0.2) is 0 Å². The molecule has 19 heteroatoms. The molecule has 0 radical (unpaired) electrons. The zero-order valence-corrected chi connectivity index (χ0v) is 78.2. The lowest BCUT2D eigenvalue weighted by Gasteiger charge is -2.34. The number of ether oxygens (including phenoxy) is 2. The van der Waals surface area contributed by atoms with Gasteiger partial charge in [-0.25, -0.2) is 34.1 Å². The maximum atomic E-state index is 10.9. The van der Waals surface area contributed by atoms with Crippen LogP contribution in [0, 0.1) is 23.7 Å². The zero-order valence-electron chi connectivity index (χ0n) is 78.2. The minimum absolute atomic E-state index is 0.00644. The summed E-state index contributed by atoms with van der Waals surface area (Å²) in [6.45, 7) is 81.5. The van der Waals surface area contributed by atoms with E-state index in [4.69, 9.17) is 29.9 Å². The third kappa shape index (κ3) is 33.1. The lowest BCUT2D eigenvalue weighted by molar-refractivity contribution is 0.0685. The molecule has 19 nitrogen and oxygen atoms in total. The van der Waals surface area contributed by atoms with Crippen LogP contribution in [-0.4, -0.2) is 128 Å². The van der Waals surface area contributed by atoms with E-state index >= 15 is 0 Å². The number of fused-ring (bicyclic) bond motifs is 6. The highest BCUT2D eigenvalue weighted by atomic mass is 16.5. The Balaban J connectivity index is 0.000000347. The van der Waals surface area contributed by atoms with Crippen molar-refractivity contribution in [1.29, 1.82) is 0 Å². The molecular formula is C97H151N9O10. The van der Waals surface area contributed by atoms with Crippen molar-refractivity contribution in [3.8, 4) is 11.5 Å². The highest BCUT2D eigenvalue weighted by Crippen LogP contribution is 2.39. The van der Waals surface area contributed by atoms with Gasteiger partial charge in [-0.15, -0.1) is 0 Å². The fraction of sp³-hybridized carbons (Fsp3) is 0.577. The standard InChI is InChI=1S/C16H25NO.C15H24N2O.C13H17NO2.C13H15NO2.C12H16N2O2.C12H14N2O2.4C4H10/c1-15(2,3)17-10-9-12-11-13(7-8-14(12)17)18-16(4,5)6;1-14(2,3)17-8-7-11-9-12(10-16-13(11)17)18-15(4,5)6;2*1-13(2,3)14-7-6-9-8-10(12(15)16)4-5-11(9)14;2*1-12(2,3)14-5-4-8-6-9(11(15)16)7-13-10(8)14;4*1-4(2)3/h7-8,11H,9-10H2,1-6H3;9-10H,7-8H2,1-6H3;4-5,8H,6-7H2,1-3H3,(H,15,16);4-8H,1-3H3,(H,15,16);6-7H,4-5H2,1-3H3,(H,15,16);4-7H,1-3H3,(H,15,16);4*4H,1-3H3. The van der Waals surface area contributed by atoms with Crippen LogP contribution in [0.1, 0.15) is 313 Å². The quantitative estimate of drug-likeness (QED) is 0.121. The molecule has 4 N–H and O–H groups in total. The van der Waals surface area contributed by atoms with E-state index in [-0.39, 0.29) is 55.6 Å². The molecule has 0 spiro atoms. The van der Waals surface area contributed by atoms with E-state index < -0.39 is 23.9 Å². The van der Waals surface area contributed by atoms with Gasteiger partial charge in [0.2, 0.25) is 0 Å². The number of benzene rings is 3. The van der Waals surface area contributed by atoms with Crippen molar-refractivity contribution >= 4 is 68.8 Å². The van der Waals surface area contributed by atoms with Crippen molar-refractivity contribution in [2.75, 3.05) is 45.8 Å². The molecule has 0 aliphatic carbocycles. The van der Waals surface area contributed by atoms with Gasteiger partial charge < -0.3 is 58.6 Å². The number of nitrogens with zero attached hydrogens (tertiary/aromatic N) is 9. The molecule has 12 rings (SSSR count). The van der Waals surface area contributed by atoms with Gasteiger partial charge in [-0.2, -0.15) is 0 Å². The minimum Gasteiger partial charge on any atom is -0.488 e. The SMILES string of the molecule is CC(C)(C)N1CCc2cc(C(=O)O)ccc21.CC(C)(C)N1CCc2cc(C(=O)O)cnc21.CC(C)(C)Oc1ccc2c(c1)CCN2C(C)(C)C.CC(C)(C)Oc1cnc2c(c1)CCN2C(C)(C)C.CC(C)(C)n1ccc2cc(C(=O)O)ccc21.CC(C)(C)n1ccc2cc(C(=O)O)cnc21.CC(C)C.CC(C)C.CC(C)C.CC(C)C. The van der Waals surface area contributed by atoms with Gasteiger partial charge in [0, 0.05) is 117 Å². The first-order valence-electron chi connectivity index (χ1n) is 41.6. The second-order valence-corrected chi connectivity index (χ2v) is 41.0. The Morgan fingerprint density at radius 3 is 1.05 bits per heavy atom. The molecule has 0 atom stereocenters. The molecule has 9 heterocycles. The van der Waals surface area contributed by atoms with Gasteiger partial charge in [-0.05, 0) is 317 Å². The molecule has 644 valence electrons. The Bertz CT molecular complexity index is 4160. The van der Waals surface area contributed by atoms with Crippen LogP contribution in [0.5, 0.6) is 11.5 Å². The van der Waals surface area contributed by atoms with E-state index in [0.29, 0.717) is 11.1 Å². The number of aromatic carboxylic acids is 4. The maximum Gasteiger partial charge on any atom is 0.337 e. The first kappa shape index (κ1) is 101. The Labute approximate surface area is 699 Å². The fourth-order valence-electron chi connectivity index (χ4n) is 12.6. The third-order valence-electron chi connectivity index (χ3n) is 17.2. The van der Waals surface area contributed by atoms with Crippen LogP contribution in [0.2, 0.25) is 0 Å². The monoisotopic (exact) mass is 1600 g/mol. The molecule has 116 heavy (non-hydrogen) atoms. The van der Waals surface area contributed by atoms with Crippen LogP contribution in [-0.2, 0) is 36.8 Å². The molecule has 5 aromatic heterocycles. The van der Waals surface area contributed by atoms with Crippen LogP contribution in [0.3, 0.4) is 0 Å². The van der Waals surface area contributed by atoms with Gasteiger partial charge in [0.1, 0.15) is 40.0 Å². The van der Waals surface area contributed by atoms with Crippen molar-refractivity contribution in [3.05, 3.63) is 160 Å². The van der Waals surface area contributed by atoms with Crippen LogP contribution in [0.25, 0.3) is 21.9 Å². The van der Waals surface area contributed by atoms with Gasteiger partial charge in [-0.1, -0.05) is 83.1 Å². The predicted octanol–water partition coefficient (Wildman–Crippen LogP) is 24.2. The van der Waals surface area contributed by atoms with Gasteiger partial charge in [0.05, 0.1) is 28.5 Å². The summed E-state index contributed by atoms with van der Waals surface area (Å²) < 4.78 is 16.0. The van der Waals surface area contributed by atoms with Gasteiger partial charge in [0.25, 0.3) is 0 Å². The Morgan fingerprint density at radius 2 is 0.638 bits per heavy atom. The highest BCUT2D eigenvalue weighted by molar-refractivity contribution is 5.94. The molecule has 0 fully saturated rings. The molecule has 4 aliphatic heterocycles.